The second-order valence-electron chi connectivity index (χ2n) is 4.53. The molecular weight excluding hydrogens is 294 g/mol. The minimum absolute atomic E-state index is 0.0440. The first kappa shape index (κ1) is 18.4. The van der Waals surface area contributed by atoms with Crippen molar-refractivity contribution in [2.24, 2.45) is 0 Å². The van der Waals surface area contributed by atoms with Crippen molar-refractivity contribution < 1.29 is 19.5 Å². The Hall–Kier alpha value is -2.66. The van der Waals surface area contributed by atoms with Gasteiger partial charge < -0.3 is 9.94 Å². The lowest BCUT2D eigenvalue weighted by Crippen LogP contribution is -2.26. The Labute approximate surface area is 136 Å². The highest BCUT2D eigenvalue weighted by atomic mass is 16.7. The van der Waals surface area contributed by atoms with E-state index in [1.54, 1.807) is 12.1 Å². The van der Waals surface area contributed by atoms with Gasteiger partial charge in [0.05, 0.1) is 5.56 Å². The SMILES string of the molecule is CCN(CC)Oc1ccccc1.O=Cc1ccccc1C(=O)O. The highest BCUT2D eigenvalue weighted by molar-refractivity contribution is 5.96. The van der Waals surface area contributed by atoms with Crippen LogP contribution < -0.4 is 4.84 Å². The Bertz CT molecular complexity index is 609. The summed E-state index contributed by atoms with van der Waals surface area (Å²) >= 11 is 0. The molecule has 0 aliphatic carbocycles. The number of para-hydroxylation sites is 1. The molecule has 2 aromatic carbocycles. The van der Waals surface area contributed by atoms with Crippen LogP contribution in [0.5, 0.6) is 5.75 Å². The van der Waals surface area contributed by atoms with Crippen LogP contribution in [-0.2, 0) is 0 Å². The molecule has 1 N–H and O–H groups in total. The summed E-state index contributed by atoms with van der Waals surface area (Å²) in [5, 5.41) is 10.4. The standard InChI is InChI=1S/C10H15NO.C8H6O3/c1-3-11(4-2)12-10-8-6-5-7-9-10;9-5-6-3-1-2-4-7(6)8(10)11/h5-9H,3-4H2,1-2H3;1-5H,(H,10,11). The molecule has 0 fully saturated rings. The van der Waals surface area contributed by atoms with Crippen LogP contribution in [0, 0.1) is 0 Å². The van der Waals surface area contributed by atoms with Gasteiger partial charge in [-0.3, -0.25) is 4.79 Å². The van der Waals surface area contributed by atoms with Crippen LogP contribution in [0.25, 0.3) is 0 Å². The number of carboxylic acids is 1. The molecule has 5 heteroatoms. The number of carbonyl (C=O) groups is 2. The van der Waals surface area contributed by atoms with Crippen LogP contribution in [0.4, 0.5) is 0 Å². The van der Waals surface area contributed by atoms with Gasteiger partial charge in [0.25, 0.3) is 0 Å². The van der Waals surface area contributed by atoms with Gasteiger partial charge in [0, 0.05) is 18.7 Å². The van der Waals surface area contributed by atoms with Crippen LogP contribution in [0.2, 0.25) is 0 Å². The summed E-state index contributed by atoms with van der Waals surface area (Å²) in [7, 11) is 0. The first-order valence-corrected chi connectivity index (χ1v) is 7.37. The van der Waals surface area contributed by atoms with Crippen molar-refractivity contribution in [2.45, 2.75) is 13.8 Å². The maximum absolute atomic E-state index is 10.4. The minimum Gasteiger partial charge on any atom is -0.478 e. The number of benzene rings is 2. The topological polar surface area (TPSA) is 66.8 Å². The molecule has 0 atom stereocenters. The Kier molecular flexibility index (Phi) is 8.10. The molecule has 0 radical (unpaired) electrons. The normalized spacial score (nSPS) is 9.70. The van der Waals surface area contributed by atoms with Gasteiger partial charge in [0.1, 0.15) is 5.75 Å². The van der Waals surface area contributed by atoms with Gasteiger partial charge in [0.15, 0.2) is 6.29 Å². The largest absolute Gasteiger partial charge is 0.478 e. The van der Waals surface area contributed by atoms with E-state index in [9.17, 15) is 9.59 Å². The van der Waals surface area contributed by atoms with Crippen molar-refractivity contribution in [2.75, 3.05) is 13.1 Å². The Morgan fingerprint density at radius 2 is 1.61 bits per heavy atom. The van der Waals surface area contributed by atoms with Gasteiger partial charge in [-0.2, -0.15) is 0 Å². The average Bonchev–Trinajstić information content (AvgIpc) is 2.61. The van der Waals surface area contributed by atoms with Gasteiger partial charge in [-0.05, 0) is 32.0 Å². The zero-order valence-electron chi connectivity index (χ0n) is 13.3. The van der Waals surface area contributed by atoms with E-state index in [1.807, 2.05) is 35.4 Å². The number of hydroxylamine groups is 2. The highest BCUT2D eigenvalue weighted by Crippen LogP contribution is 2.09. The zero-order valence-corrected chi connectivity index (χ0v) is 13.3. The monoisotopic (exact) mass is 315 g/mol. The quantitative estimate of drug-likeness (QED) is 0.652. The van der Waals surface area contributed by atoms with E-state index >= 15 is 0 Å². The molecule has 23 heavy (non-hydrogen) atoms. The minimum atomic E-state index is -1.08. The fourth-order valence-electron chi connectivity index (χ4n) is 1.78. The van der Waals surface area contributed by atoms with Crippen molar-refractivity contribution in [1.82, 2.24) is 5.06 Å². The van der Waals surface area contributed by atoms with Crippen molar-refractivity contribution >= 4 is 12.3 Å². The van der Waals surface area contributed by atoms with Gasteiger partial charge in [-0.15, -0.1) is 5.06 Å². The summed E-state index contributed by atoms with van der Waals surface area (Å²) in [6, 6.07) is 15.9. The lowest BCUT2D eigenvalue weighted by molar-refractivity contribution is -0.0486. The highest BCUT2D eigenvalue weighted by Gasteiger charge is 2.06. The molecule has 0 unspecified atom stereocenters. The van der Waals surface area contributed by atoms with Crippen molar-refractivity contribution in [3.05, 3.63) is 65.7 Å². The first-order valence-electron chi connectivity index (χ1n) is 7.37. The number of aldehydes is 1. The number of nitrogens with zero attached hydrogens (tertiary/aromatic N) is 1. The maximum Gasteiger partial charge on any atom is 0.336 e. The molecule has 0 bridgehead atoms. The van der Waals surface area contributed by atoms with E-state index in [0.29, 0.717) is 6.29 Å². The molecule has 0 amide bonds. The smallest absolute Gasteiger partial charge is 0.336 e. The number of hydrogen-bond donors (Lipinski definition) is 1. The molecule has 0 heterocycles. The Balaban J connectivity index is 0.000000231. The van der Waals surface area contributed by atoms with Gasteiger partial charge in [-0.1, -0.05) is 36.4 Å². The molecule has 0 spiro atoms. The predicted octanol–water partition coefficient (Wildman–Crippen LogP) is 3.52. The molecule has 122 valence electrons. The lowest BCUT2D eigenvalue weighted by Gasteiger charge is -2.18. The third kappa shape index (κ3) is 6.32. The molecule has 0 aliphatic heterocycles. The molecule has 0 saturated heterocycles. The number of rotatable bonds is 6. The van der Waals surface area contributed by atoms with E-state index < -0.39 is 5.97 Å². The van der Waals surface area contributed by atoms with E-state index in [1.165, 1.54) is 12.1 Å². The summed E-state index contributed by atoms with van der Waals surface area (Å²) in [6.45, 7) is 5.97. The van der Waals surface area contributed by atoms with Crippen LogP contribution >= 0.6 is 0 Å². The van der Waals surface area contributed by atoms with E-state index in [-0.39, 0.29) is 11.1 Å². The van der Waals surface area contributed by atoms with Crippen LogP contribution in [0.3, 0.4) is 0 Å². The molecule has 2 aromatic rings. The van der Waals surface area contributed by atoms with E-state index in [4.69, 9.17) is 9.94 Å². The number of hydrogen-bond acceptors (Lipinski definition) is 4. The maximum atomic E-state index is 10.4. The van der Waals surface area contributed by atoms with E-state index in [0.717, 1.165) is 18.8 Å². The summed E-state index contributed by atoms with van der Waals surface area (Å²) in [5.41, 5.74) is 0.252. The molecule has 0 aromatic heterocycles. The molecule has 0 aliphatic rings. The second kappa shape index (κ2) is 10.1. The first-order chi connectivity index (χ1) is 11.1. The van der Waals surface area contributed by atoms with Crippen LogP contribution in [-0.4, -0.2) is 35.5 Å². The Morgan fingerprint density at radius 1 is 1.04 bits per heavy atom. The van der Waals surface area contributed by atoms with Crippen molar-refractivity contribution in [1.29, 1.82) is 0 Å². The van der Waals surface area contributed by atoms with Crippen LogP contribution in [0.15, 0.2) is 54.6 Å². The third-order valence-electron chi connectivity index (χ3n) is 3.00. The van der Waals surface area contributed by atoms with Crippen molar-refractivity contribution in [3.63, 3.8) is 0 Å². The number of carbonyl (C=O) groups excluding carboxylic acids is 1. The molecule has 5 nitrogen and oxygen atoms in total. The van der Waals surface area contributed by atoms with Crippen molar-refractivity contribution in [3.8, 4) is 5.75 Å². The number of aromatic carboxylic acids is 1. The average molecular weight is 315 g/mol. The fourth-order valence-corrected chi connectivity index (χ4v) is 1.78. The number of carboxylic acid groups (broad SMARTS) is 1. The summed E-state index contributed by atoms with van der Waals surface area (Å²) < 4.78 is 0. The Morgan fingerprint density at radius 3 is 2.09 bits per heavy atom. The summed E-state index contributed by atoms with van der Waals surface area (Å²) in [6.07, 6.45) is 0.531. The molecule has 2 rings (SSSR count). The summed E-state index contributed by atoms with van der Waals surface area (Å²) in [4.78, 5) is 26.2. The second-order valence-corrected chi connectivity index (χ2v) is 4.53. The van der Waals surface area contributed by atoms with Crippen LogP contribution in [0.1, 0.15) is 34.6 Å². The van der Waals surface area contributed by atoms with Gasteiger partial charge >= 0.3 is 5.97 Å². The fraction of sp³-hybridized carbons (Fsp3) is 0.222. The summed E-state index contributed by atoms with van der Waals surface area (Å²) in [5.74, 6) is -0.172. The zero-order chi connectivity index (χ0) is 17.1. The lowest BCUT2D eigenvalue weighted by atomic mass is 10.1. The van der Waals surface area contributed by atoms with E-state index in [2.05, 4.69) is 13.8 Å². The molecular formula is C18H21NO4. The third-order valence-corrected chi connectivity index (χ3v) is 3.00. The van der Waals surface area contributed by atoms with Gasteiger partial charge in [-0.25, -0.2) is 4.79 Å². The van der Waals surface area contributed by atoms with Gasteiger partial charge in [0.2, 0.25) is 0 Å². The predicted molar refractivity (Wildman–Crippen MR) is 88.8 cm³/mol. The molecule has 0 saturated carbocycles.